The van der Waals surface area contributed by atoms with Crippen LogP contribution in [0.25, 0.3) is 10.9 Å². The van der Waals surface area contributed by atoms with E-state index < -0.39 is 0 Å². The molecular weight excluding hydrogens is 226 g/mol. The van der Waals surface area contributed by atoms with Crippen molar-refractivity contribution in [3.8, 4) is 0 Å². The molecule has 1 aliphatic heterocycles. The Morgan fingerprint density at radius 3 is 2.89 bits per heavy atom. The van der Waals surface area contributed by atoms with Crippen LogP contribution in [0.15, 0.2) is 30.5 Å². The zero-order valence-electron chi connectivity index (χ0n) is 10.5. The summed E-state index contributed by atoms with van der Waals surface area (Å²) in [6.07, 6.45) is 2.96. The molecule has 1 N–H and O–H groups in total. The van der Waals surface area contributed by atoms with Gasteiger partial charge in [0.05, 0.1) is 0 Å². The van der Waals surface area contributed by atoms with E-state index in [1.807, 2.05) is 18.0 Å². The Morgan fingerprint density at radius 1 is 1.28 bits per heavy atom. The van der Waals surface area contributed by atoms with Crippen LogP contribution in [0.1, 0.15) is 5.56 Å². The third-order valence-electron chi connectivity index (χ3n) is 3.63. The summed E-state index contributed by atoms with van der Waals surface area (Å²) >= 11 is 0. The molecule has 2 heterocycles. The van der Waals surface area contributed by atoms with Gasteiger partial charge in [-0.1, -0.05) is 18.2 Å². The van der Waals surface area contributed by atoms with Crippen LogP contribution in [0.3, 0.4) is 0 Å². The molecule has 94 valence electrons. The predicted molar refractivity (Wildman–Crippen MR) is 71.6 cm³/mol. The number of para-hydroxylation sites is 1. The molecule has 1 saturated heterocycles. The first kappa shape index (κ1) is 11.1. The summed E-state index contributed by atoms with van der Waals surface area (Å²) in [5.41, 5.74) is 2.45. The van der Waals surface area contributed by atoms with E-state index in [1.165, 1.54) is 10.9 Å². The van der Waals surface area contributed by atoms with E-state index in [-0.39, 0.29) is 6.03 Å². The highest BCUT2D eigenvalue weighted by molar-refractivity contribution is 5.83. The van der Waals surface area contributed by atoms with Gasteiger partial charge in [0.15, 0.2) is 0 Å². The van der Waals surface area contributed by atoms with Crippen LogP contribution >= 0.6 is 0 Å². The lowest BCUT2D eigenvalue weighted by Crippen LogP contribution is -2.31. The molecule has 0 saturated carbocycles. The average molecular weight is 243 g/mol. The number of hydrogen-bond acceptors (Lipinski definition) is 1. The Bertz CT molecular complexity index is 575. The summed E-state index contributed by atoms with van der Waals surface area (Å²) in [6.45, 7) is 2.48. The number of hydrogen-bond donors (Lipinski definition) is 1. The van der Waals surface area contributed by atoms with E-state index in [1.54, 1.807) is 4.90 Å². The summed E-state index contributed by atoms with van der Waals surface area (Å²) in [4.78, 5) is 18.7. The van der Waals surface area contributed by atoms with E-state index in [9.17, 15) is 4.79 Å². The Morgan fingerprint density at radius 2 is 2.11 bits per heavy atom. The molecule has 0 radical (unpaired) electrons. The van der Waals surface area contributed by atoms with Crippen molar-refractivity contribution in [3.05, 3.63) is 36.0 Å². The van der Waals surface area contributed by atoms with Gasteiger partial charge in [0.25, 0.3) is 0 Å². The van der Waals surface area contributed by atoms with E-state index in [4.69, 9.17) is 0 Å². The molecule has 0 atom stereocenters. The average Bonchev–Trinajstić information content (AvgIpc) is 2.94. The summed E-state index contributed by atoms with van der Waals surface area (Å²) in [5, 5.41) is 1.26. The minimum Gasteiger partial charge on any atom is -0.361 e. The number of carbonyl (C=O) groups excluding carboxylic acids is 1. The topological polar surface area (TPSA) is 39.3 Å². The molecule has 3 rings (SSSR count). The molecular formula is C14H17N3O. The number of nitrogens with zero attached hydrogens (tertiary/aromatic N) is 2. The van der Waals surface area contributed by atoms with Crippen molar-refractivity contribution in [1.82, 2.24) is 14.8 Å². The normalized spacial score (nSPS) is 15.9. The lowest BCUT2D eigenvalue weighted by molar-refractivity contribution is 0.199. The van der Waals surface area contributed by atoms with Crippen LogP contribution in [0.2, 0.25) is 0 Å². The molecule has 1 aliphatic rings. The Kier molecular flexibility index (Phi) is 2.70. The Balaban J connectivity index is 1.72. The predicted octanol–water partition coefficient (Wildman–Crippen LogP) is 2.08. The number of aromatic amines is 1. The second kappa shape index (κ2) is 4.37. The summed E-state index contributed by atoms with van der Waals surface area (Å²) in [6, 6.07) is 8.43. The van der Waals surface area contributed by atoms with Gasteiger partial charge in [-0.3, -0.25) is 0 Å². The summed E-state index contributed by atoms with van der Waals surface area (Å²) < 4.78 is 0. The van der Waals surface area contributed by atoms with Crippen molar-refractivity contribution < 1.29 is 4.79 Å². The van der Waals surface area contributed by atoms with Gasteiger partial charge < -0.3 is 14.8 Å². The summed E-state index contributed by atoms with van der Waals surface area (Å²) in [7, 11) is 1.86. The fourth-order valence-corrected chi connectivity index (χ4v) is 2.50. The van der Waals surface area contributed by atoms with Crippen molar-refractivity contribution >= 4 is 16.9 Å². The first-order valence-electron chi connectivity index (χ1n) is 6.31. The number of urea groups is 1. The van der Waals surface area contributed by atoms with Gasteiger partial charge in [-0.15, -0.1) is 0 Å². The third-order valence-corrected chi connectivity index (χ3v) is 3.63. The first-order valence-corrected chi connectivity index (χ1v) is 6.31. The number of amides is 2. The molecule has 2 aromatic rings. The van der Waals surface area contributed by atoms with Crippen LogP contribution in [0.4, 0.5) is 4.79 Å². The molecule has 4 nitrogen and oxygen atoms in total. The number of nitrogens with one attached hydrogen (secondary N) is 1. The second-order valence-corrected chi connectivity index (χ2v) is 4.80. The minimum atomic E-state index is 0.148. The minimum absolute atomic E-state index is 0.148. The van der Waals surface area contributed by atoms with Gasteiger partial charge >= 0.3 is 6.03 Å². The number of H-pyrrole nitrogens is 1. The molecule has 1 aromatic carbocycles. The first-order chi connectivity index (χ1) is 8.75. The molecule has 2 amide bonds. The fourth-order valence-electron chi connectivity index (χ4n) is 2.50. The lowest BCUT2D eigenvalue weighted by Gasteiger charge is -2.15. The Hall–Kier alpha value is -1.97. The van der Waals surface area contributed by atoms with Crippen molar-refractivity contribution in [2.75, 3.05) is 26.7 Å². The number of rotatable bonds is 3. The Labute approximate surface area is 106 Å². The van der Waals surface area contributed by atoms with Gasteiger partial charge in [0.1, 0.15) is 0 Å². The lowest BCUT2D eigenvalue weighted by atomic mass is 10.1. The summed E-state index contributed by atoms with van der Waals surface area (Å²) in [5.74, 6) is 0. The van der Waals surface area contributed by atoms with E-state index >= 15 is 0 Å². The van der Waals surface area contributed by atoms with Gasteiger partial charge in [0.2, 0.25) is 0 Å². The highest BCUT2D eigenvalue weighted by atomic mass is 16.2. The second-order valence-electron chi connectivity index (χ2n) is 4.80. The molecule has 0 aliphatic carbocycles. The number of carbonyl (C=O) groups is 1. The van der Waals surface area contributed by atoms with Gasteiger partial charge in [-0.05, 0) is 18.1 Å². The third kappa shape index (κ3) is 1.83. The quantitative estimate of drug-likeness (QED) is 0.880. The van der Waals surface area contributed by atoms with E-state index in [0.717, 1.165) is 31.6 Å². The molecule has 0 bridgehead atoms. The molecule has 0 unspecified atom stereocenters. The molecule has 0 spiro atoms. The maximum absolute atomic E-state index is 11.8. The van der Waals surface area contributed by atoms with Gasteiger partial charge in [-0.25, -0.2) is 4.79 Å². The van der Waals surface area contributed by atoms with Crippen LogP contribution in [0, 0.1) is 0 Å². The van der Waals surface area contributed by atoms with Crippen LogP contribution in [0.5, 0.6) is 0 Å². The van der Waals surface area contributed by atoms with Crippen LogP contribution in [-0.4, -0.2) is 47.5 Å². The zero-order chi connectivity index (χ0) is 12.5. The van der Waals surface area contributed by atoms with Crippen LogP contribution in [-0.2, 0) is 6.42 Å². The highest BCUT2D eigenvalue weighted by Crippen LogP contribution is 2.19. The van der Waals surface area contributed by atoms with E-state index in [0.29, 0.717) is 0 Å². The smallest absolute Gasteiger partial charge is 0.319 e. The van der Waals surface area contributed by atoms with Crippen LogP contribution < -0.4 is 0 Å². The maximum Gasteiger partial charge on any atom is 0.319 e. The van der Waals surface area contributed by atoms with Gasteiger partial charge in [0, 0.05) is 43.8 Å². The largest absolute Gasteiger partial charge is 0.361 e. The monoisotopic (exact) mass is 243 g/mol. The highest BCUT2D eigenvalue weighted by Gasteiger charge is 2.24. The standard InChI is InChI=1S/C14H17N3O/c1-16-8-9-17(14(16)18)7-6-11-10-15-13-5-3-2-4-12(11)13/h2-5,10,15H,6-9H2,1H3. The van der Waals surface area contributed by atoms with Crippen molar-refractivity contribution in [3.63, 3.8) is 0 Å². The number of benzene rings is 1. The van der Waals surface area contributed by atoms with Crippen molar-refractivity contribution in [1.29, 1.82) is 0 Å². The molecule has 1 aromatic heterocycles. The molecule has 4 heteroatoms. The number of fused-ring (bicyclic) bond motifs is 1. The van der Waals surface area contributed by atoms with E-state index in [2.05, 4.69) is 29.4 Å². The zero-order valence-corrected chi connectivity index (χ0v) is 10.5. The van der Waals surface area contributed by atoms with Crippen molar-refractivity contribution in [2.45, 2.75) is 6.42 Å². The maximum atomic E-state index is 11.8. The molecule has 1 fully saturated rings. The molecule has 18 heavy (non-hydrogen) atoms. The van der Waals surface area contributed by atoms with Gasteiger partial charge in [-0.2, -0.15) is 0 Å². The SMILES string of the molecule is CN1CCN(CCc2c[nH]c3ccccc23)C1=O. The fraction of sp³-hybridized carbons (Fsp3) is 0.357. The number of likely N-dealkylation sites (N-methyl/N-ethyl adjacent to an activating group) is 1. The number of aromatic nitrogens is 1. The van der Waals surface area contributed by atoms with Crippen molar-refractivity contribution in [2.24, 2.45) is 0 Å².